The first-order chi connectivity index (χ1) is 6.79. The van der Waals surface area contributed by atoms with Crippen molar-refractivity contribution in [1.82, 2.24) is 9.78 Å². The molecule has 1 aliphatic rings. The number of hydrogen-bond donors (Lipinski definition) is 0. The van der Waals surface area contributed by atoms with E-state index >= 15 is 0 Å². The van der Waals surface area contributed by atoms with E-state index in [1.807, 2.05) is 16.9 Å². The van der Waals surface area contributed by atoms with Gasteiger partial charge in [0.05, 0.1) is 25.8 Å². The number of carbonyl (C=O) groups is 1. The third-order valence-corrected chi connectivity index (χ3v) is 2.43. The highest BCUT2D eigenvalue weighted by atomic mass is 16.5. The predicted molar refractivity (Wildman–Crippen MR) is 50.8 cm³/mol. The minimum absolute atomic E-state index is 0.187. The normalized spacial score (nSPS) is 15.5. The Morgan fingerprint density at radius 2 is 2.50 bits per heavy atom. The highest BCUT2D eigenvalue weighted by molar-refractivity contribution is 5.68. The molecule has 0 saturated heterocycles. The van der Waals surface area contributed by atoms with Gasteiger partial charge in [0.2, 0.25) is 0 Å². The lowest BCUT2D eigenvalue weighted by Crippen LogP contribution is -2.07. The van der Waals surface area contributed by atoms with Crippen molar-refractivity contribution in [3.63, 3.8) is 0 Å². The van der Waals surface area contributed by atoms with Crippen LogP contribution in [0.1, 0.15) is 30.9 Å². The van der Waals surface area contributed by atoms with Crippen molar-refractivity contribution < 1.29 is 9.53 Å². The van der Waals surface area contributed by atoms with Gasteiger partial charge in [0, 0.05) is 12.1 Å². The van der Waals surface area contributed by atoms with Crippen LogP contribution in [-0.2, 0) is 16.1 Å². The summed E-state index contributed by atoms with van der Waals surface area (Å²) in [6.45, 7) is 0.611. The van der Waals surface area contributed by atoms with Crippen LogP contribution in [0.15, 0.2) is 12.3 Å². The number of rotatable bonds is 4. The molecule has 0 amide bonds. The fourth-order valence-electron chi connectivity index (χ4n) is 1.41. The molecule has 76 valence electrons. The first-order valence-electron chi connectivity index (χ1n) is 4.90. The molecule has 0 atom stereocenters. The molecule has 0 N–H and O–H groups in total. The largest absolute Gasteiger partial charge is 0.469 e. The number of hydrogen-bond acceptors (Lipinski definition) is 3. The van der Waals surface area contributed by atoms with Gasteiger partial charge in [0.15, 0.2) is 0 Å². The summed E-state index contributed by atoms with van der Waals surface area (Å²) >= 11 is 0. The maximum Gasteiger partial charge on any atom is 0.307 e. The van der Waals surface area contributed by atoms with Crippen LogP contribution in [0.4, 0.5) is 0 Å². The van der Waals surface area contributed by atoms with Gasteiger partial charge in [0.1, 0.15) is 0 Å². The average Bonchev–Trinajstić information content (AvgIpc) is 2.95. The van der Waals surface area contributed by atoms with Gasteiger partial charge < -0.3 is 4.74 Å². The van der Waals surface area contributed by atoms with Gasteiger partial charge in [-0.25, -0.2) is 0 Å². The molecule has 4 heteroatoms. The van der Waals surface area contributed by atoms with Crippen molar-refractivity contribution in [3.8, 4) is 0 Å². The second-order valence-electron chi connectivity index (χ2n) is 3.60. The van der Waals surface area contributed by atoms with Crippen molar-refractivity contribution in [2.24, 2.45) is 0 Å². The number of esters is 1. The van der Waals surface area contributed by atoms with Gasteiger partial charge in [0.25, 0.3) is 0 Å². The molecule has 2 rings (SSSR count). The Balaban J connectivity index is 1.86. The number of methoxy groups -OCH3 is 1. The topological polar surface area (TPSA) is 44.1 Å². The summed E-state index contributed by atoms with van der Waals surface area (Å²) in [5.74, 6) is 0.489. The molecule has 1 aromatic rings. The zero-order valence-electron chi connectivity index (χ0n) is 8.27. The Labute approximate surface area is 82.9 Å². The van der Waals surface area contributed by atoms with Crippen LogP contribution in [0.25, 0.3) is 0 Å². The Bertz CT molecular complexity index is 329. The standard InChI is InChI=1S/C10H14N2O2/c1-14-10(13)5-7-12-6-4-9(11-12)8-2-3-8/h4,6,8H,2-3,5,7H2,1H3. The Kier molecular flexibility index (Phi) is 2.52. The van der Waals surface area contributed by atoms with E-state index in [1.54, 1.807) is 0 Å². The van der Waals surface area contributed by atoms with E-state index in [0.29, 0.717) is 18.9 Å². The Hall–Kier alpha value is -1.32. The maximum atomic E-state index is 10.9. The van der Waals surface area contributed by atoms with E-state index in [1.165, 1.54) is 20.0 Å². The maximum absolute atomic E-state index is 10.9. The second-order valence-corrected chi connectivity index (χ2v) is 3.60. The highest BCUT2D eigenvalue weighted by Gasteiger charge is 2.25. The molecule has 1 aliphatic carbocycles. The second kappa shape index (κ2) is 3.82. The van der Waals surface area contributed by atoms with Gasteiger partial charge in [-0.05, 0) is 18.9 Å². The van der Waals surface area contributed by atoms with Gasteiger partial charge in [-0.1, -0.05) is 0 Å². The molecule has 1 aromatic heterocycles. The Morgan fingerprint density at radius 3 is 3.14 bits per heavy atom. The van der Waals surface area contributed by atoms with E-state index < -0.39 is 0 Å². The molecule has 0 aromatic carbocycles. The first kappa shape index (κ1) is 9.24. The molecule has 0 spiro atoms. The smallest absolute Gasteiger partial charge is 0.307 e. The molecule has 0 radical (unpaired) electrons. The van der Waals surface area contributed by atoms with Crippen molar-refractivity contribution in [1.29, 1.82) is 0 Å². The molecular weight excluding hydrogens is 180 g/mol. The first-order valence-corrected chi connectivity index (χ1v) is 4.90. The van der Waals surface area contributed by atoms with E-state index in [9.17, 15) is 4.79 Å². The number of aromatic nitrogens is 2. The number of ether oxygens (including phenoxy) is 1. The van der Waals surface area contributed by atoms with Gasteiger partial charge in [-0.15, -0.1) is 0 Å². The molecule has 4 nitrogen and oxygen atoms in total. The van der Waals surface area contributed by atoms with Gasteiger partial charge >= 0.3 is 5.97 Å². The fraction of sp³-hybridized carbons (Fsp3) is 0.600. The number of carbonyl (C=O) groups excluding carboxylic acids is 1. The third kappa shape index (κ3) is 2.13. The molecular formula is C10H14N2O2. The zero-order chi connectivity index (χ0) is 9.97. The summed E-state index contributed by atoms with van der Waals surface area (Å²) < 4.78 is 6.37. The number of nitrogens with zero attached hydrogens (tertiary/aromatic N) is 2. The van der Waals surface area contributed by atoms with Gasteiger partial charge in [-0.2, -0.15) is 5.10 Å². The third-order valence-electron chi connectivity index (χ3n) is 2.43. The van der Waals surface area contributed by atoms with Crippen LogP contribution in [0.3, 0.4) is 0 Å². The van der Waals surface area contributed by atoms with Crippen molar-refractivity contribution in [2.45, 2.75) is 31.7 Å². The number of aryl methyl sites for hydroxylation is 1. The minimum Gasteiger partial charge on any atom is -0.469 e. The summed E-state index contributed by atoms with van der Waals surface area (Å²) in [5.41, 5.74) is 1.16. The van der Waals surface area contributed by atoms with E-state index in [4.69, 9.17) is 0 Å². The summed E-state index contributed by atoms with van der Waals surface area (Å²) in [4.78, 5) is 10.9. The monoisotopic (exact) mass is 194 g/mol. The molecule has 14 heavy (non-hydrogen) atoms. The van der Waals surface area contributed by atoms with Crippen LogP contribution in [0, 0.1) is 0 Å². The lowest BCUT2D eigenvalue weighted by Gasteiger charge is -1.99. The van der Waals surface area contributed by atoms with E-state index in [-0.39, 0.29) is 5.97 Å². The average molecular weight is 194 g/mol. The molecule has 1 fully saturated rings. The summed E-state index contributed by atoms with van der Waals surface area (Å²) in [5, 5.41) is 4.39. The zero-order valence-corrected chi connectivity index (χ0v) is 8.27. The highest BCUT2D eigenvalue weighted by Crippen LogP contribution is 2.38. The molecule has 0 unspecified atom stereocenters. The quantitative estimate of drug-likeness (QED) is 0.679. The molecule has 1 saturated carbocycles. The van der Waals surface area contributed by atoms with E-state index in [0.717, 1.165) is 5.69 Å². The molecule has 0 aliphatic heterocycles. The van der Waals surface area contributed by atoms with Crippen LogP contribution in [-0.4, -0.2) is 22.9 Å². The van der Waals surface area contributed by atoms with Crippen molar-refractivity contribution in [2.75, 3.05) is 7.11 Å². The van der Waals surface area contributed by atoms with Crippen LogP contribution >= 0.6 is 0 Å². The van der Waals surface area contributed by atoms with Crippen LogP contribution in [0.5, 0.6) is 0 Å². The van der Waals surface area contributed by atoms with Crippen LogP contribution in [0.2, 0.25) is 0 Å². The summed E-state index contributed by atoms with van der Waals surface area (Å²) in [7, 11) is 1.40. The Morgan fingerprint density at radius 1 is 1.71 bits per heavy atom. The predicted octanol–water partition coefficient (Wildman–Crippen LogP) is 1.32. The lowest BCUT2D eigenvalue weighted by atomic mass is 10.3. The fourth-order valence-corrected chi connectivity index (χ4v) is 1.41. The lowest BCUT2D eigenvalue weighted by molar-refractivity contribution is -0.140. The minimum atomic E-state index is -0.187. The van der Waals surface area contributed by atoms with E-state index in [2.05, 4.69) is 9.84 Å². The van der Waals surface area contributed by atoms with Crippen molar-refractivity contribution in [3.05, 3.63) is 18.0 Å². The SMILES string of the molecule is COC(=O)CCn1ccc(C2CC2)n1. The molecule has 0 bridgehead atoms. The van der Waals surface area contributed by atoms with Crippen LogP contribution < -0.4 is 0 Å². The van der Waals surface area contributed by atoms with Crippen molar-refractivity contribution >= 4 is 5.97 Å². The summed E-state index contributed by atoms with van der Waals surface area (Å²) in [6.07, 6.45) is 4.83. The molecule has 1 heterocycles. The van der Waals surface area contributed by atoms with Gasteiger partial charge in [-0.3, -0.25) is 9.48 Å². The summed E-state index contributed by atoms with van der Waals surface area (Å²) in [6, 6.07) is 2.04.